The molecule has 1 aromatic rings. The molecule has 5 nitrogen and oxygen atoms in total. The molecular formula is C29H34O5S. The van der Waals surface area contributed by atoms with E-state index in [0.717, 1.165) is 31.2 Å². The second-order valence-corrected chi connectivity index (χ2v) is 13.0. The minimum Gasteiger partial charge on any atom is -0.297 e. The molecule has 0 bridgehead atoms. The molecule has 1 aromatic carbocycles. The second-order valence-electron chi connectivity index (χ2n) is 11.4. The van der Waals surface area contributed by atoms with E-state index >= 15 is 0 Å². The van der Waals surface area contributed by atoms with Crippen LogP contribution >= 0.6 is 0 Å². The molecule has 2 saturated carbocycles. The van der Waals surface area contributed by atoms with Crippen molar-refractivity contribution in [1.82, 2.24) is 0 Å². The summed E-state index contributed by atoms with van der Waals surface area (Å²) in [6, 6.07) is 6.46. The van der Waals surface area contributed by atoms with Crippen molar-refractivity contribution in [1.29, 1.82) is 0 Å². The van der Waals surface area contributed by atoms with Gasteiger partial charge >= 0.3 is 0 Å². The topological polar surface area (TPSA) is 77.5 Å². The van der Waals surface area contributed by atoms with Gasteiger partial charge in [-0.1, -0.05) is 54.8 Å². The molecule has 0 radical (unpaired) electrons. The molecule has 0 spiro atoms. The molecule has 0 heterocycles. The van der Waals surface area contributed by atoms with Gasteiger partial charge in [-0.05, 0) is 87.0 Å². The van der Waals surface area contributed by atoms with Crippen LogP contribution in [0.5, 0.6) is 0 Å². The van der Waals surface area contributed by atoms with Crippen LogP contribution in [0.25, 0.3) is 0 Å². The van der Waals surface area contributed by atoms with Crippen LogP contribution in [0.2, 0.25) is 0 Å². The average molecular weight is 495 g/mol. The van der Waals surface area contributed by atoms with E-state index in [-0.39, 0.29) is 39.1 Å². The minimum atomic E-state index is -3.99. The molecule has 6 heteroatoms. The number of ketones is 2. The van der Waals surface area contributed by atoms with Gasteiger partial charge in [0.25, 0.3) is 10.1 Å². The Hall–Kier alpha value is -2.31. The lowest BCUT2D eigenvalue weighted by Crippen LogP contribution is -2.45. The van der Waals surface area contributed by atoms with Crippen LogP contribution in [0.3, 0.4) is 0 Å². The molecule has 4 aliphatic carbocycles. The van der Waals surface area contributed by atoms with Crippen molar-refractivity contribution in [3.63, 3.8) is 0 Å². The maximum atomic E-state index is 13.5. The Bertz CT molecular complexity index is 1270. The van der Waals surface area contributed by atoms with Gasteiger partial charge in [-0.3, -0.25) is 13.8 Å². The summed E-state index contributed by atoms with van der Waals surface area (Å²) >= 11 is 0. The van der Waals surface area contributed by atoms with E-state index in [4.69, 9.17) is 4.18 Å². The summed E-state index contributed by atoms with van der Waals surface area (Å²) in [5.74, 6) is 0.574. The SMILES string of the molecule is Cc1ccc(S(=O)(=O)OCC(=O)[C@H]2C(C)C[C@H]3[C@@H]4CCC5=CC(=O)C=C[C@]5(C)C4=CC[C@]23C)cc1. The first-order valence-corrected chi connectivity index (χ1v) is 14.0. The van der Waals surface area contributed by atoms with Gasteiger partial charge in [0.05, 0.1) is 4.90 Å². The van der Waals surface area contributed by atoms with Gasteiger partial charge in [0, 0.05) is 11.3 Å². The van der Waals surface area contributed by atoms with Crippen molar-refractivity contribution in [3.8, 4) is 0 Å². The lowest BCUT2D eigenvalue weighted by molar-refractivity contribution is -0.130. The Balaban J connectivity index is 1.37. The standard InChI is InChI=1S/C29H34O5S/c1-18-5-8-22(9-6-18)35(32,33)34-17-26(31)27-19(2)15-25-23-10-7-20-16-21(30)11-13-28(20,3)24(23)12-14-29(25,27)4/h5-6,8-9,11-13,16,19,23,25,27H,7,10,14-15,17H2,1-4H3/t19?,23-,25+,27-,28+,29+/m1/s1. The second kappa shape index (κ2) is 8.38. The van der Waals surface area contributed by atoms with Gasteiger partial charge in [-0.15, -0.1) is 0 Å². The van der Waals surface area contributed by atoms with E-state index in [0.29, 0.717) is 11.8 Å². The first-order valence-electron chi connectivity index (χ1n) is 12.6. The fourth-order valence-electron chi connectivity index (χ4n) is 7.57. The van der Waals surface area contributed by atoms with E-state index in [9.17, 15) is 18.0 Å². The number of carbonyl (C=O) groups is 2. The zero-order valence-electron chi connectivity index (χ0n) is 20.9. The molecule has 0 amide bonds. The monoisotopic (exact) mass is 494 g/mol. The summed E-state index contributed by atoms with van der Waals surface area (Å²) in [7, 11) is -3.99. The van der Waals surface area contributed by atoms with Gasteiger partial charge in [0.1, 0.15) is 6.61 Å². The van der Waals surface area contributed by atoms with E-state index in [1.807, 2.05) is 6.92 Å². The highest BCUT2D eigenvalue weighted by atomic mass is 32.2. The summed E-state index contributed by atoms with van der Waals surface area (Å²) < 4.78 is 30.6. The average Bonchev–Trinajstić information content (AvgIpc) is 3.08. The lowest BCUT2D eigenvalue weighted by atomic mass is 9.52. The van der Waals surface area contributed by atoms with E-state index < -0.39 is 16.7 Å². The number of hydrogen-bond acceptors (Lipinski definition) is 5. The molecule has 0 saturated heterocycles. The molecule has 0 aromatic heterocycles. The molecule has 0 N–H and O–H groups in total. The predicted octanol–water partition coefficient (Wildman–Crippen LogP) is 5.36. The van der Waals surface area contributed by atoms with Crippen molar-refractivity contribution in [2.24, 2.45) is 34.5 Å². The van der Waals surface area contributed by atoms with Gasteiger partial charge in [0.15, 0.2) is 11.6 Å². The maximum absolute atomic E-state index is 13.5. The third-order valence-electron chi connectivity index (χ3n) is 9.30. The number of aryl methyl sites for hydroxylation is 1. The van der Waals surface area contributed by atoms with Crippen LogP contribution in [0.15, 0.2) is 64.6 Å². The number of rotatable bonds is 5. The molecule has 0 aliphatic heterocycles. The Morgan fingerprint density at radius 2 is 1.89 bits per heavy atom. The number of allylic oxidation sites excluding steroid dienone is 6. The molecule has 35 heavy (non-hydrogen) atoms. The quantitative estimate of drug-likeness (QED) is 0.407. The fraction of sp³-hybridized carbons (Fsp3) is 0.517. The number of hydrogen-bond donors (Lipinski definition) is 0. The van der Waals surface area contributed by atoms with Crippen LogP contribution < -0.4 is 0 Å². The van der Waals surface area contributed by atoms with Crippen molar-refractivity contribution in [2.75, 3.05) is 6.61 Å². The largest absolute Gasteiger partial charge is 0.297 e. The molecule has 5 rings (SSSR count). The van der Waals surface area contributed by atoms with Gasteiger partial charge in [-0.2, -0.15) is 8.42 Å². The van der Waals surface area contributed by atoms with Crippen molar-refractivity contribution < 1.29 is 22.2 Å². The van der Waals surface area contributed by atoms with Crippen LogP contribution in [-0.2, 0) is 23.9 Å². The van der Waals surface area contributed by atoms with E-state index in [2.05, 4.69) is 32.9 Å². The Morgan fingerprint density at radius 1 is 1.17 bits per heavy atom. The Kier molecular flexibility index (Phi) is 5.84. The molecule has 2 fully saturated rings. The smallest absolute Gasteiger partial charge is 0.297 e. The van der Waals surface area contributed by atoms with E-state index in [1.165, 1.54) is 23.3 Å². The molecular weight excluding hydrogens is 460 g/mol. The highest BCUT2D eigenvalue weighted by Gasteiger charge is 2.59. The minimum absolute atomic E-state index is 0.0675. The zero-order valence-corrected chi connectivity index (χ0v) is 21.7. The molecule has 1 unspecified atom stereocenters. The van der Waals surface area contributed by atoms with Crippen LogP contribution in [0.1, 0.15) is 52.0 Å². The summed E-state index contributed by atoms with van der Waals surface area (Å²) in [5.41, 5.74) is 3.10. The van der Waals surface area contributed by atoms with Gasteiger partial charge < -0.3 is 0 Å². The number of benzene rings is 1. The third kappa shape index (κ3) is 3.89. The van der Waals surface area contributed by atoms with Gasteiger partial charge in [-0.25, -0.2) is 0 Å². The maximum Gasteiger partial charge on any atom is 0.297 e. The summed E-state index contributed by atoms with van der Waals surface area (Å²) in [6.45, 7) is 8.00. The summed E-state index contributed by atoms with van der Waals surface area (Å²) in [5, 5.41) is 0. The molecule has 4 aliphatic rings. The number of Topliss-reactive ketones (excluding diaryl/α,β-unsaturated/α-hetero) is 1. The number of carbonyl (C=O) groups excluding carboxylic acids is 2. The van der Waals surface area contributed by atoms with Crippen molar-refractivity contribution in [2.45, 2.75) is 58.3 Å². The van der Waals surface area contributed by atoms with Crippen LogP contribution in [-0.4, -0.2) is 26.6 Å². The van der Waals surface area contributed by atoms with Crippen LogP contribution in [0.4, 0.5) is 0 Å². The van der Waals surface area contributed by atoms with Crippen LogP contribution in [0, 0.1) is 41.4 Å². The fourth-order valence-corrected chi connectivity index (χ4v) is 8.45. The summed E-state index contributed by atoms with van der Waals surface area (Å²) in [4.78, 5) is 25.5. The van der Waals surface area contributed by atoms with Crippen molar-refractivity contribution in [3.05, 3.63) is 65.3 Å². The first kappa shape index (κ1) is 24.4. The summed E-state index contributed by atoms with van der Waals surface area (Å²) in [6.07, 6.45) is 11.5. The highest BCUT2D eigenvalue weighted by molar-refractivity contribution is 7.86. The van der Waals surface area contributed by atoms with Crippen molar-refractivity contribution >= 4 is 21.7 Å². The first-order chi connectivity index (χ1) is 16.5. The molecule has 186 valence electrons. The number of fused-ring (bicyclic) bond motifs is 5. The third-order valence-corrected chi connectivity index (χ3v) is 10.6. The zero-order chi connectivity index (χ0) is 25.2. The molecule has 6 atom stereocenters. The highest BCUT2D eigenvalue weighted by Crippen LogP contribution is 2.65. The Morgan fingerprint density at radius 3 is 2.60 bits per heavy atom. The normalized spacial score (nSPS) is 36.1. The Labute approximate surface area is 208 Å². The lowest BCUT2D eigenvalue weighted by Gasteiger charge is -2.52. The van der Waals surface area contributed by atoms with E-state index in [1.54, 1.807) is 24.3 Å². The predicted molar refractivity (Wildman–Crippen MR) is 134 cm³/mol. The van der Waals surface area contributed by atoms with Gasteiger partial charge in [0.2, 0.25) is 0 Å².